The second-order valence-electron chi connectivity index (χ2n) is 4.00. The fourth-order valence-corrected chi connectivity index (χ4v) is 2.05. The number of anilines is 2. The minimum Gasteiger partial charge on any atom is -0.383 e. The first kappa shape index (κ1) is 13.8. The van der Waals surface area contributed by atoms with Crippen molar-refractivity contribution in [3.05, 3.63) is 51.1 Å². The van der Waals surface area contributed by atoms with Crippen molar-refractivity contribution in [2.75, 3.05) is 11.1 Å². The molecule has 0 atom stereocenters. The van der Waals surface area contributed by atoms with E-state index in [1.807, 2.05) is 13.0 Å². The predicted molar refractivity (Wildman–Crippen MR) is 80.5 cm³/mol. The van der Waals surface area contributed by atoms with Gasteiger partial charge in [-0.05, 0) is 46.6 Å². The Labute approximate surface area is 124 Å². The van der Waals surface area contributed by atoms with Crippen molar-refractivity contribution in [3.8, 4) is 0 Å². The Morgan fingerprint density at radius 2 is 2.16 bits per heavy atom. The number of amides is 1. The molecule has 1 heterocycles. The average Bonchev–Trinajstić information content (AvgIpc) is 2.36. The van der Waals surface area contributed by atoms with Crippen molar-refractivity contribution in [1.29, 1.82) is 0 Å². The first-order chi connectivity index (χ1) is 8.97. The molecule has 0 bridgehead atoms. The van der Waals surface area contributed by atoms with Gasteiger partial charge in [-0.2, -0.15) is 0 Å². The lowest BCUT2D eigenvalue weighted by Crippen LogP contribution is -2.15. The van der Waals surface area contributed by atoms with Crippen LogP contribution in [-0.2, 0) is 0 Å². The highest BCUT2D eigenvalue weighted by molar-refractivity contribution is 9.10. The summed E-state index contributed by atoms with van der Waals surface area (Å²) in [4.78, 5) is 16.1. The number of nitrogens with zero attached hydrogens (tertiary/aromatic N) is 1. The van der Waals surface area contributed by atoms with Crippen molar-refractivity contribution < 1.29 is 4.79 Å². The maximum absolute atomic E-state index is 12.2. The van der Waals surface area contributed by atoms with E-state index in [1.165, 1.54) is 6.20 Å². The molecule has 2 aromatic rings. The van der Waals surface area contributed by atoms with Gasteiger partial charge in [0.25, 0.3) is 5.91 Å². The highest BCUT2D eigenvalue weighted by atomic mass is 79.9. The smallest absolute Gasteiger partial charge is 0.259 e. The van der Waals surface area contributed by atoms with Crippen LogP contribution in [-0.4, -0.2) is 10.9 Å². The van der Waals surface area contributed by atoms with Gasteiger partial charge in [0, 0.05) is 21.4 Å². The van der Waals surface area contributed by atoms with E-state index in [0.717, 1.165) is 5.56 Å². The molecular weight excluding hydrogens is 330 g/mol. The van der Waals surface area contributed by atoms with Gasteiger partial charge in [-0.25, -0.2) is 4.98 Å². The molecule has 0 aliphatic rings. The maximum Gasteiger partial charge on any atom is 0.259 e. The van der Waals surface area contributed by atoms with Crippen LogP contribution in [0, 0.1) is 6.92 Å². The summed E-state index contributed by atoms with van der Waals surface area (Å²) in [5.41, 5.74) is 7.57. The monoisotopic (exact) mass is 339 g/mol. The van der Waals surface area contributed by atoms with Gasteiger partial charge in [0.1, 0.15) is 5.82 Å². The lowest BCUT2D eigenvalue weighted by atomic mass is 10.2. The topological polar surface area (TPSA) is 68.0 Å². The molecule has 98 valence electrons. The van der Waals surface area contributed by atoms with Gasteiger partial charge in [0.15, 0.2) is 0 Å². The zero-order valence-electron chi connectivity index (χ0n) is 10.1. The summed E-state index contributed by atoms with van der Waals surface area (Å²) in [6.07, 6.45) is 1.54. The summed E-state index contributed by atoms with van der Waals surface area (Å²) >= 11 is 9.16. The molecule has 1 amide bonds. The number of aryl methyl sites for hydroxylation is 1. The average molecular weight is 341 g/mol. The molecule has 4 nitrogen and oxygen atoms in total. The van der Waals surface area contributed by atoms with Crippen LogP contribution in [0.4, 0.5) is 11.5 Å². The lowest BCUT2D eigenvalue weighted by Gasteiger charge is -2.10. The number of nitrogens with two attached hydrogens (primary N) is 1. The summed E-state index contributed by atoms with van der Waals surface area (Å²) in [5, 5.41) is 3.33. The number of carbonyl (C=O) groups is 1. The summed E-state index contributed by atoms with van der Waals surface area (Å²) in [6, 6.07) is 6.91. The number of aromatic nitrogens is 1. The third kappa shape index (κ3) is 3.24. The van der Waals surface area contributed by atoms with Crippen molar-refractivity contribution in [3.63, 3.8) is 0 Å². The van der Waals surface area contributed by atoms with E-state index in [-0.39, 0.29) is 11.7 Å². The highest BCUT2D eigenvalue weighted by Gasteiger charge is 2.13. The van der Waals surface area contributed by atoms with E-state index in [4.69, 9.17) is 17.3 Å². The Morgan fingerprint density at radius 3 is 2.89 bits per heavy atom. The maximum atomic E-state index is 12.2. The molecule has 0 radical (unpaired) electrons. The molecule has 0 saturated carbocycles. The zero-order valence-corrected chi connectivity index (χ0v) is 12.4. The Balaban J connectivity index is 2.30. The largest absolute Gasteiger partial charge is 0.383 e. The summed E-state index contributed by atoms with van der Waals surface area (Å²) < 4.78 is 0.690. The number of rotatable bonds is 2. The molecule has 0 fully saturated rings. The lowest BCUT2D eigenvalue weighted by molar-refractivity contribution is 0.102. The quantitative estimate of drug-likeness (QED) is 0.877. The molecule has 0 unspecified atom stereocenters. The second kappa shape index (κ2) is 5.59. The van der Waals surface area contributed by atoms with Gasteiger partial charge < -0.3 is 11.1 Å². The number of benzene rings is 1. The van der Waals surface area contributed by atoms with Gasteiger partial charge in [-0.3, -0.25) is 4.79 Å². The van der Waals surface area contributed by atoms with E-state index in [2.05, 4.69) is 26.2 Å². The third-order valence-corrected chi connectivity index (χ3v) is 3.25. The van der Waals surface area contributed by atoms with Crippen molar-refractivity contribution in [2.24, 2.45) is 0 Å². The molecule has 19 heavy (non-hydrogen) atoms. The summed E-state index contributed by atoms with van der Waals surface area (Å²) in [7, 11) is 0. The normalized spacial score (nSPS) is 10.3. The third-order valence-electron chi connectivity index (χ3n) is 2.58. The van der Waals surface area contributed by atoms with Gasteiger partial charge in [-0.1, -0.05) is 17.7 Å². The van der Waals surface area contributed by atoms with E-state index >= 15 is 0 Å². The van der Waals surface area contributed by atoms with Crippen LogP contribution in [0.15, 0.2) is 34.9 Å². The minimum atomic E-state index is -0.323. The number of nitrogen functional groups attached to an aromatic ring is 1. The number of hydrogen-bond acceptors (Lipinski definition) is 3. The van der Waals surface area contributed by atoms with Gasteiger partial charge in [-0.15, -0.1) is 0 Å². The fourth-order valence-electron chi connectivity index (χ4n) is 1.55. The Kier molecular flexibility index (Phi) is 4.07. The standard InChI is InChI=1S/C13H11BrClN3O/c1-7-2-3-9(15)5-11(7)18-13(19)10-4-8(14)6-17-12(10)16/h2-6H,1H3,(H2,16,17)(H,18,19). The molecule has 0 aliphatic carbocycles. The zero-order chi connectivity index (χ0) is 14.0. The van der Waals surface area contributed by atoms with Crippen molar-refractivity contribution >= 4 is 44.9 Å². The number of halogens is 2. The minimum absolute atomic E-state index is 0.181. The molecule has 2 rings (SSSR count). The molecule has 3 N–H and O–H groups in total. The molecule has 0 saturated heterocycles. The summed E-state index contributed by atoms with van der Waals surface area (Å²) in [5.74, 6) is -0.142. The number of carbonyl (C=O) groups excluding carboxylic acids is 1. The highest BCUT2D eigenvalue weighted by Crippen LogP contribution is 2.22. The van der Waals surface area contributed by atoms with E-state index in [1.54, 1.807) is 18.2 Å². The Bertz CT molecular complexity index is 646. The van der Waals surface area contributed by atoms with Crippen LogP contribution < -0.4 is 11.1 Å². The summed E-state index contributed by atoms with van der Waals surface area (Å²) in [6.45, 7) is 1.88. The molecular formula is C13H11BrClN3O. The fraction of sp³-hybridized carbons (Fsp3) is 0.0769. The van der Waals surface area contributed by atoms with Crippen LogP contribution >= 0.6 is 27.5 Å². The Morgan fingerprint density at radius 1 is 1.42 bits per heavy atom. The van der Waals surface area contributed by atoms with Gasteiger partial charge in [0.05, 0.1) is 5.56 Å². The van der Waals surface area contributed by atoms with Crippen LogP contribution in [0.3, 0.4) is 0 Å². The van der Waals surface area contributed by atoms with E-state index < -0.39 is 0 Å². The van der Waals surface area contributed by atoms with Crippen LogP contribution in [0.1, 0.15) is 15.9 Å². The predicted octanol–water partition coefficient (Wildman–Crippen LogP) is 3.64. The SMILES string of the molecule is Cc1ccc(Cl)cc1NC(=O)c1cc(Br)cnc1N. The van der Waals surface area contributed by atoms with Crippen molar-refractivity contribution in [2.45, 2.75) is 6.92 Å². The molecule has 1 aromatic heterocycles. The van der Waals surface area contributed by atoms with Gasteiger partial charge >= 0.3 is 0 Å². The van der Waals surface area contributed by atoms with Crippen LogP contribution in [0.25, 0.3) is 0 Å². The van der Waals surface area contributed by atoms with Crippen molar-refractivity contribution in [1.82, 2.24) is 4.98 Å². The number of nitrogens with one attached hydrogen (secondary N) is 1. The Hall–Kier alpha value is -1.59. The second-order valence-corrected chi connectivity index (χ2v) is 5.35. The molecule has 0 aliphatic heterocycles. The van der Waals surface area contributed by atoms with E-state index in [9.17, 15) is 4.79 Å². The van der Waals surface area contributed by atoms with Crippen LogP contribution in [0.5, 0.6) is 0 Å². The number of hydrogen-bond donors (Lipinski definition) is 2. The first-order valence-electron chi connectivity index (χ1n) is 5.46. The van der Waals surface area contributed by atoms with E-state index in [0.29, 0.717) is 20.7 Å². The molecule has 1 aromatic carbocycles. The first-order valence-corrected chi connectivity index (χ1v) is 6.63. The molecule has 0 spiro atoms. The van der Waals surface area contributed by atoms with Crippen LogP contribution in [0.2, 0.25) is 5.02 Å². The molecule has 6 heteroatoms. The number of pyridine rings is 1. The van der Waals surface area contributed by atoms with Gasteiger partial charge in [0.2, 0.25) is 0 Å².